The summed E-state index contributed by atoms with van der Waals surface area (Å²) in [5, 5.41) is 8.77. The van der Waals surface area contributed by atoms with Crippen molar-refractivity contribution in [1.29, 1.82) is 0 Å². The van der Waals surface area contributed by atoms with Gasteiger partial charge in [-0.2, -0.15) is 0 Å². The van der Waals surface area contributed by atoms with Crippen LogP contribution in [0.25, 0.3) is 0 Å². The second-order valence-electron chi connectivity index (χ2n) is 5.35. The van der Waals surface area contributed by atoms with Gasteiger partial charge in [-0.25, -0.2) is 0 Å². The third-order valence-corrected chi connectivity index (χ3v) is 4.07. The average molecular weight is 354 g/mol. The van der Waals surface area contributed by atoms with Gasteiger partial charge in [-0.3, -0.25) is 9.59 Å². The molecule has 0 aromatic heterocycles. The second-order valence-corrected chi connectivity index (χ2v) is 6.27. The van der Waals surface area contributed by atoms with Crippen LogP contribution < -0.4 is 16.0 Å². The lowest BCUT2D eigenvalue weighted by atomic mass is 9.92. The van der Waals surface area contributed by atoms with E-state index in [2.05, 4.69) is 38.8 Å². The van der Waals surface area contributed by atoms with Crippen LogP contribution in [0.4, 0.5) is 5.69 Å². The van der Waals surface area contributed by atoms with E-state index in [1.54, 1.807) is 12.1 Å². The molecule has 3 N–H and O–H groups in total. The molecule has 1 aromatic carbocycles. The Bertz CT molecular complexity index is 504. The fraction of sp³-hybridized carbons (Fsp3) is 0.467. The lowest BCUT2D eigenvalue weighted by Crippen LogP contribution is -2.44. The molecule has 2 amide bonds. The van der Waals surface area contributed by atoms with Crippen LogP contribution in [0.15, 0.2) is 28.7 Å². The topological polar surface area (TPSA) is 70.2 Å². The minimum Gasteiger partial charge on any atom is -0.347 e. The summed E-state index contributed by atoms with van der Waals surface area (Å²) >= 11 is 3.34. The van der Waals surface area contributed by atoms with E-state index in [4.69, 9.17) is 0 Å². The summed E-state index contributed by atoms with van der Waals surface area (Å²) in [7, 11) is 0. The van der Waals surface area contributed by atoms with Gasteiger partial charge in [-0.1, -0.05) is 15.9 Å². The van der Waals surface area contributed by atoms with Crippen LogP contribution in [0, 0.1) is 5.92 Å². The predicted octanol–water partition coefficient (Wildman–Crippen LogP) is 1.89. The number of carbonyl (C=O) groups is 2. The average Bonchev–Trinajstić information content (AvgIpc) is 2.47. The quantitative estimate of drug-likeness (QED) is 0.774. The molecule has 1 aromatic rings. The van der Waals surface area contributed by atoms with Gasteiger partial charge in [-0.05, 0) is 50.6 Å². The zero-order chi connectivity index (χ0) is 15.2. The van der Waals surface area contributed by atoms with E-state index in [0.29, 0.717) is 11.7 Å². The monoisotopic (exact) mass is 353 g/mol. The first-order valence-electron chi connectivity index (χ1n) is 7.11. The van der Waals surface area contributed by atoms with Gasteiger partial charge in [-0.15, -0.1) is 0 Å². The smallest absolute Gasteiger partial charge is 0.243 e. The van der Waals surface area contributed by atoms with Gasteiger partial charge in [0.2, 0.25) is 11.8 Å². The van der Waals surface area contributed by atoms with Crippen LogP contribution in [0.3, 0.4) is 0 Å². The standard InChI is InChI=1S/C15H20BrN3O2/c1-10-8-11(6-7-17-10)15(21)18-9-14(20)19-13-4-2-12(16)3-5-13/h2-5,10-11,17H,6-9H2,1H3,(H,18,21)(H,19,20)/t10-,11-/m0/s1. The summed E-state index contributed by atoms with van der Waals surface area (Å²) in [5.74, 6) is -0.247. The molecule has 0 saturated carbocycles. The number of amides is 2. The molecule has 1 fully saturated rings. The van der Waals surface area contributed by atoms with Gasteiger partial charge in [0.1, 0.15) is 0 Å². The summed E-state index contributed by atoms with van der Waals surface area (Å²) in [6.07, 6.45) is 1.64. The highest BCUT2D eigenvalue weighted by Gasteiger charge is 2.24. The molecule has 1 saturated heterocycles. The molecule has 0 spiro atoms. The number of hydrogen-bond donors (Lipinski definition) is 3. The second kappa shape index (κ2) is 7.56. The van der Waals surface area contributed by atoms with Crippen molar-refractivity contribution in [3.05, 3.63) is 28.7 Å². The number of carbonyl (C=O) groups excluding carboxylic acids is 2. The number of rotatable bonds is 4. The van der Waals surface area contributed by atoms with Gasteiger partial charge >= 0.3 is 0 Å². The zero-order valence-corrected chi connectivity index (χ0v) is 13.6. The number of piperidine rings is 1. The first-order chi connectivity index (χ1) is 10.0. The Morgan fingerprint density at radius 1 is 1.33 bits per heavy atom. The number of halogens is 1. The third-order valence-electron chi connectivity index (χ3n) is 3.55. The SMILES string of the molecule is C[C@H]1C[C@@H](C(=O)NCC(=O)Nc2ccc(Br)cc2)CCN1. The highest BCUT2D eigenvalue weighted by molar-refractivity contribution is 9.10. The Labute approximate surface area is 133 Å². The fourth-order valence-electron chi connectivity index (χ4n) is 2.42. The molecule has 21 heavy (non-hydrogen) atoms. The van der Waals surface area contributed by atoms with Gasteiger partial charge in [0, 0.05) is 22.1 Å². The van der Waals surface area contributed by atoms with Crippen LogP contribution in [0.2, 0.25) is 0 Å². The van der Waals surface area contributed by atoms with Crippen LogP contribution in [0.1, 0.15) is 19.8 Å². The Hall–Kier alpha value is -1.40. The Morgan fingerprint density at radius 3 is 2.71 bits per heavy atom. The van der Waals surface area contributed by atoms with E-state index in [9.17, 15) is 9.59 Å². The molecule has 0 radical (unpaired) electrons. The normalized spacial score (nSPS) is 21.6. The molecule has 0 bridgehead atoms. The molecule has 5 nitrogen and oxygen atoms in total. The minimum atomic E-state index is -0.215. The first-order valence-corrected chi connectivity index (χ1v) is 7.90. The van der Waals surface area contributed by atoms with Crippen molar-refractivity contribution in [1.82, 2.24) is 10.6 Å². The van der Waals surface area contributed by atoms with E-state index < -0.39 is 0 Å². The molecule has 2 atom stereocenters. The summed E-state index contributed by atoms with van der Waals surface area (Å²) in [5.41, 5.74) is 0.716. The van der Waals surface area contributed by atoms with E-state index in [0.717, 1.165) is 23.9 Å². The molecule has 1 aliphatic rings. The van der Waals surface area contributed by atoms with Crippen LogP contribution in [-0.4, -0.2) is 30.9 Å². The van der Waals surface area contributed by atoms with Crippen molar-refractivity contribution in [2.75, 3.05) is 18.4 Å². The van der Waals surface area contributed by atoms with Crippen molar-refractivity contribution in [3.63, 3.8) is 0 Å². The van der Waals surface area contributed by atoms with Gasteiger partial charge in [0.05, 0.1) is 6.54 Å². The number of benzene rings is 1. The molecule has 6 heteroatoms. The summed E-state index contributed by atoms with van der Waals surface area (Å²) in [6.45, 7) is 2.93. The highest BCUT2D eigenvalue weighted by Crippen LogP contribution is 2.16. The summed E-state index contributed by atoms with van der Waals surface area (Å²) in [6, 6.07) is 7.66. The van der Waals surface area contributed by atoms with E-state index in [1.807, 2.05) is 12.1 Å². The lowest BCUT2D eigenvalue weighted by molar-refractivity contribution is -0.128. The maximum Gasteiger partial charge on any atom is 0.243 e. The largest absolute Gasteiger partial charge is 0.347 e. The van der Waals surface area contributed by atoms with Crippen molar-refractivity contribution < 1.29 is 9.59 Å². The highest BCUT2D eigenvalue weighted by atomic mass is 79.9. The molecule has 1 aliphatic heterocycles. The van der Waals surface area contributed by atoms with Crippen molar-refractivity contribution >= 4 is 33.4 Å². The summed E-state index contributed by atoms with van der Waals surface area (Å²) in [4.78, 5) is 23.8. The molecule has 2 rings (SSSR count). The van der Waals surface area contributed by atoms with E-state index in [-0.39, 0.29) is 24.3 Å². The van der Waals surface area contributed by atoms with Crippen LogP contribution >= 0.6 is 15.9 Å². The maximum atomic E-state index is 12.0. The van der Waals surface area contributed by atoms with Crippen molar-refractivity contribution in [2.45, 2.75) is 25.8 Å². The first kappa shape index (κ1) is 16.0. The Balaban J connectivity index is 1.75. The molecule has 0 unspecified atom stereocenters. The van der Waals surface area contributed by atoms with Crippen molar-refractivity contribution in [2.24, 2.45) is 5.92 Å². The van der Waals surface area contributed by atoms with E-state index >= 15 is 0 Å². The zero-order valence-electron chi connectivity index (χ0n) is 12.0. The van der Waals surface area contributed by atoms with E-state index in [1.165, 1.54) is 0 Å². The lowest BCUT2D eigenvalue weighted by Gasteiger charge is -2.26. The number of nitrogens with one attached hydrogen (secondary N) is 3. The predicted molar refractivity (Wildman–Crippen MR) is 86.0 cm³/mol. The fourth-order valence-corrected chi connectivity index (χ4v) is 2.68. The molecular formula is C15H20BrN3O2. The van der Waals surface area contributed by atoms with Crippen LogP contribution in [-0.2, 0) is 9.59 Å². The Kier molecular flexibility index (Phi) is 5.76. The summed E-state index contributed by atoms with van der Waals surface area (Å²) < 4.78 is 0.953. The van der Waals surface area contributed by atoms with Gasteiger partial charge in [0.15, 0.2) is 0 Å². The molecule has 1 heterocycles. The molecular weight excluding hydrogens is 334 g/mol. The number of anilines is 1. The van der Waals surface area contributed by atoms with Crippen molar-refractivity contribution in [3.8, 4) is 0 Å². The minimum absolute atomic E-state index is 0.00160. The van der Waals surface area contributed by atoms with Gasteiger partial charge < -0.3 is 16.0 Å². The number of hydrogen-bond acceptors (Lipinski definition) is 3. The van der Waals surface area contributed by atoms with Gasteiger partial charge in [0.25, 0.3) is 0 Å². The third kappa shape index (κ3) is 5.13. The Morgan fingerprint density at radius 2 is 2.05 bits per heavy atom. The maximum absolute atomic E-state index is 12.0. The molecule has 114 valence electrons. The molecule has 0 aliphatic carbocycles. The van der Waals surface area contributed by atoms with Crippen LogP contribution in [0.5, 0.6) is 0 Å².